The Bertz CT molecular complexity index is 6210. The first kappa shape index (κ1) is 84.8. The minimum absolute atomic E-state index is 0. The Morgan fingerprint density at radius 1 is 0.339 bits per heavy atom. The lowest BCUT2D eigenvalue weighted by atomic mass is 10.1. The van der Waals surface area contributed by atoms with Crippen LogP contribution in [-0.4, -0.2) is 227 Å². The van der Waals surface area contributed by atoms with Crippen molar-refractivity contribution in [1.82, 2.24) is 114 Å². The molecule has 0 atom stereocenters. The van der Waals surface area contributed by atoms with E-state index >= 15 is 0 Å². The fourth-order valence-corrected chi connectivity index (χ4v) is 16.5. The van der Waals surface area contributed by atoms with Crippen LogP contribution < -0.4 is 46.2 Å². The second-order valence-corrected chi connectivity index (χ2v) is 33.2. The number of aryl methyl sites for hydroxylation is 4. The molecule has 4 saturated heterocycles. The highest BCUT2D eigenvalue weighted by Crippen LogP contribution is 2.36. The standard InChI is InChI=1S/C24H30N8.C23H28N8.C22H26N8.C22H25N7O.ClH/c1-5-30-8-10-31(11-9-30)19-6-7-21(25-14-19)28-24-26-13-18-12-17(4)20-15-27-32(16(2)3)23(20)22(18)29-24;1-15(2)31-22-19(14-26-31)16(3)11-17-12-25-23(28-21(17)22)27-20-6-5-18(13-24-20)30-9-7-29(4)8-10-30;1-14(2)30-21-18(13-26-30)15(3)10-16-11-25-22(28-20(16)21)27-19-5-4-17(12-24-19)29-8-6-23-7-9-29;1-14(2)29-21-18(13-25-29)15(3)10-16-11-24-22(27-20(16)21)26-19-5-4-17(12-23-19)28-6-8-30-9-7-28;/h6-7,12-16H,5,8-11H2,1-4H3,(H,25,26,28,29);5-6,11-15H,7-10H2,1-4H3,(H,24,25,27,28);4-5,10-14,23H,6-9H2,1-3H3,(H,24,25,27,28);4-5,10-14H,6-9H2,1-3H3,(H,23,24,26,27);1H. The fraction of sp³-hybridized carbons (Fsp3) is 0.385. The molecule has 124 heavy (non-hydrogen) atoms. The Kier molecular flexibility index (Phi) is 25.4. The summed E-state index contributed by atoms with van der Waals surface area (Å²) in [5, 5.41) is 43.3. The molecule has 0 unspecified atom stereocenters. The van der Waals surface area contributed by atoms with Gasteiger partial charge in [-0.15, -0.1) is 12.4 Å². The summed E-state index contributed by atoms with van der Waals surface area (Å²) in [5.74, 6) is 5.05. The first-order chi connectivity index (χ1) is 59.7. The predicted octanol–water partition coefficient (Wildman–Crippen LogP) is 15.6. The van der Waals surface area contributed by atoms with Gasteiger partial charge in [0.25, 0.3) is 0 Å². The topological polar surface area (TPSA) is 315 Å². The molecule has 0 spiro atoms. The van der Waals surface area contributed by atoms with Crippen molar-refractivity contribution < 1.29 is 4.74 Å². The van der Waals surface area contributed by atoms with E-state index in [-0.39, 0.29) is 36.6 Å². The molecule has 5 N–H and O–H groups in total. The molecule has 4 aliphatic heterocycles. The van der Waals surface area contributed by atoms with Crippen molar-refractivity contribution in [2.45, 2.75) is 114 Å². The number of pyridine rings is 4. The zero-order valence-corrected chi connectivity index (χ0v) is 73.9. The van der Waals surface area contributed by atoms with Crippen molar-refractivity contribution in [1.29, 1.82) is 0 Å². The van der Waals surface area contributed by atoms with Crippen LogP contribution in [0.25, 0.3) is 87.2 Å². The normalized spacial score (nSPS) is 14.9. The number of benzene rings is 4. The molecule has 0 aliphatic carbocycles. The molecule has 0 radical (unpaired) electrons. The van der Waals surface area contributed by atoms with Crippen LogP contribution in [0.5, 0.6) is 0 Å². The molecule has 20 rings (SSSR count). The number of hydrogen-bond acceptors (Lipinski definition) is 28. The summed E-state index contributed by atoms with van der Waals surface area (Å²) < 4.78 is 13.5. The van der Waals surface area contributed by atoms with E-state index in [4.69, 9.17) is 24.7 Å². The van der Waals surface area contributed by atoms with Crippen LogP contribution in [0.2, 0.25) is 0 Å². The third kappa shape index (κ3) is 18.2. The summed E-state index contributed by atoms with van der Waals surface area (Å²) in [6, 6.07) is 25.8. The van der Waals surface area contributed by atoms with Crippen LogP contribution in [0, 0.1) is 27.7 Å². The maximum Gasteiger partial charge on any atom is 0.228 e. The number of nitrogens with zero attached hydrogens (tertiary/aromatic N) is 26. The van der Waals surface area contributed by atoms with Gasteiger partial charge in [0.15, 0.2) is 0 Å². The maximum atomic E-state index is 5.42. The van der Waals surface area contributed by atoms with Crippen molar-refractivity contribution in [3.05, 3.63) is 169 Å². The largest absolute Gasteiger partial charge is 0.378 e. The van der Waals surface area contributed by atoms with Crippen LogP contribution in [0.15, 0.2) is 147 Å². The summed E-state index contributed by atoms with van der Waals surface area (Å²) in [4.78, 5) is 69.9. The molecule has 4 aromatic carbocycles. The Morgan fingerprint density at radius 3 is 0.879 bits per heavy atom. The van der Waals surface area contributed by atoms with E-state index in [2.05, 4.69) is 262 Å². The lowest BCUT2D eigenvalue weighted by Crippen LogP contribution is -2.46. The minimum Gasteiger partial charge on any atom is -0.378 e. The molecular weight excluding hydrogens is 1580 g/mol. The summed E-state index contributed by atoms with van der Waals surface area (Å²) in [6.07, 6.45) is 22.8. The van der Waals surface area contributed by atoms with E-state index in [0.29, 0.717) is 29.6 Å². The predicted molar refractivity (Wildman–Crippen MR) is 501 cm³/mol. The van der Waals surface area contributed by atoms with Gasteiger partial charge in [-0.2, -0.15) is 20.4 Å². The zero-order valence-electron chi connectivity index (χ0n) is 73.1. The Labute approximate surface area is 727 Å². The van der Waals surface area contributed by atoms with Crippen molar-refractivity contribution in [3.8, 4) is 0 Å². The number of halogens is 1. The highest BCUT2D eigenvalue weighted by atomic mass is 35.5. The summed E-state index contributed by atoms with van der Waals surface area (Å²) in [6.45, 7) is 44.6. The average Bonchev–Trinajstić information content (AvgIpc) is 1.59. The number of piperazine rings is 3. The first-order valence-corrected chi connectivity index (χ1v) is 42.9. The summed E-state index contributed by atoms with van der Waals surface area (Å²) in [5.41, 5.74) is 17.0. The second-order valence-electron chi connectivity index (χ2n) is 33.2. The van der Waals surface area contributed by atoms with Gasteiger partial charge >= 0.3 is 0 Å². The molecule has 16 aromatic rings. The van der Waals surface area contributed by atoms with Gasteiger partial charge in [-0.1, -0.05) is 6.92 Å². The molecule has 12 aromatic heterocycles. The number of morpholine rings is 1. The Balaban J connectivity index is 0.000000122. The van der Waals surface area contributed by atoms with E-state index in [0.717, 1.165) is 239 Å². The zero-order chi connectivity index (χ0) is 85.1. The third-order valence-electron chi connectivity index (χ3n) is 23.4. The SMILES string of the molecule is CCN1CCN(c2ccc(Nc3ncc4cc(C)c5cnn(C(C)C)c5c4n3)nc2)CC1.Cc1cc2cnc(Nc3ccc(N4CCN(C)CC4)cn3)nc2c2c1cnn2C(C)C.Cc1cc2cnc(Nc3ccc(N4CCNCC4)cn3)nc2c2c1cnn2C(C)C.Cc1cc2cnc(Nc3ccc(N4CCOCC4)cn3)nc2c2c1cnn2C(C)C.Cl. The van der Waals surface area contributed by atoms with Gasteiger partial charge in [0.05, 0.1) is 108 Å². The van der Waals surface area contributed by atoms with Gasteiger partial charge in [-0.05, 0) is 192 Å². The number of anilines is 12. The lowest BCUT2D eigenvalue weighted by molar-refractivity contribution is 0.122. The number of ether oxygens (including phenoxy) is 1. The Hall–Kier alpha value is -12.8. The second kappa shape index (κ2) is 37.1. The molecule has 4 aliphatic rings. The average molecular weight is 1690 g/mol. The fourth-order valence-electron chi connectivity index (χ4n) is 16.5. The Morgan fingerprint density at radius 2 is 0.613 bits per heavy atom. The molecule has 32 nitrogen and oxygen atoms in total. The number of hydrogen-bond donors (Lipinski definition) is 5. The van der Waals surface area contributed by atoms with Crippen LogP contribution >= 0.6 is 12.4 Å². The van der Waals surface area contributed by atoms with Crippen LogP contribution in [-0.2, 0) is 4.74 Å². The van der Waals surface area contributed by atoms with Crippen molar-refractivity contribution >= 4 is 169 Å². The highest BCUT2D eigenvalue weighted by molar-refractivity contribution is 6.08. The highest BCUT2D eigenvalue weighted by Gasteiger charge is 2.24. The molecule has 0 amide bonds. The summed E-state index contributed by atoms with van der Waals surface area (Å²) >= 11 is 0. The molecule has 0 bridgehead atoms. The van der Waals surface area contributed by atoms with E-state index < -0.39 is 0 Å². The number of fused-ring (bicyclic) bond motifs is 12. The van der Waals surface area contributed by atoms with Gasteiger partial charge in [0, 0.05) is 184 Å². The van der Waals surface area contributed by atoms with Crippen LogP contribution in [0.3, 0.4) is 0 Å². The molecule has 0 saturated carbocycles. The third-order valence-corrected chi connectivity index (χ3v) is 23.4. The van der Waals surface area contributed by atoms with Gasteiger partial charge in [0.2, 0.25) is 23.8 Å². The van der Waals surface area contributed by atoms with Gasteiger partial charge in [-0.25, -0.2) is 59.8 Å². The minimum atomic E-state index is 0. The van der Waals surface area contributed by atoms with Crippen LogP contribution in [0.4, 0.5) is 69.8 Å². The quantitative estimate of drug-likeness (QED) is 0.0565. The molecular formula is C91H110ClN31O. The number of likely N-dealkylation sites (N-methyl/N-ethyl adjacent to an activating group) is 2. The number of nitrogens with one attached hydrogen (secondary N) is 5. The molecule has 33 heteroatoms. The molecule has 642 valence electrons. The van der Waals surface area contributed by atoms with E-state index in [1.165, 1.54) is 22.3 Å². The van der Waals surface area contributed by atoms with Crippen LogP contribution in [0.1, 0.15) is 109 Å². The van der Waals surface area contributed by atoms with Gasteiger partial charge in [-0.3, -0.25) is 18.7 Å². The first-order valence-electron chi connectivity index (χ1n) is 42.9. The van der Waals surface area contributed by atoms with Crippen molar-refractivity contribution in [2.75, 3.05) is 159 Å². The number of rotatable bonds is 17. The van der Waals surface area contributed by atoms with E-state index in [1.807, 2.05) is 117 Å². The van der Waals surface area contributed by atoms with E-state index in [9.17, 15) is 0 Å². The maximum absolute atomic E-state index is 5.42. The molecule has 4 fully saturated rings. The van der Waals surface area contributed by atoms with Crippen molar-refractivity contribution in [3.63, 3.8) is 0 Å². The van der Waals surface area contributed by atoms with Crippen molar-refractivity contribution in [2.24, 2.45) is 0 Å². The van der Waals surface area contributed by atoms with Gasteiger partial charge in [0.1, 0.15) is 45.3 Å². The monoisotopic (exact) mass is 1690 g/mol. The lowest BCUT2D eigenvalue weighted by Gasteiger charge is -2.35. The summed E-state index contributed by atoms with van der Waals surface area (Å²) in [7, 11) is 2.16. The smallest absolute Gasteiger partial charge is 0.228 e. The van der Waals surface area contributed by atoms with Gasteiger partial charge < -0.3 is 60.7 Å². The number of aromatic nitrogens is 20. The molecule has 16 heterocycles. The van der Waals surface area contributed by atoms with E-state index in [1.54, 1.807) is 0 Å².